The summed E-state index contributed by atoms with van der Waals surface area (Å²) in [5, 5.41) is 17.0. The molecule has 0 saturated heterocycles. The average Bonchev–Trinajstić information content (AvgIpc) is 2.60. The molecule has 0 bridgehead atoms. The Morgan fingerprint density at radius 2 is 1.44 bits per heavy atom. The first kappa shape index (κ1) is 17.9. The Balaban J connectivity index is 0.000000481. The van der Waals surface area contributed by atoms with Gasteiger partial charge >= 0.3 is 0 Å². The summed E-state index contributed by atoms with van der Waals surface area (Å²) < 4.78 is 0. The molecule has 0 radical (unpaired) electrons. The van der Waals surface area contributed by atoms with E-state index in [1.165, 1.54) is 11.1 Å². The molecule has 4 aromatic rings. The first-order chi connectivity index (χ1) is 12.8. The van der Waals surface area contributed by atoms with Gasteiger partial charge in [0.15, 0.2) is 0 Å². The molecule has 7 nitrogen and oxygen atoms in total. The molecule has 0 aliphatic carbocycles. The molecule has 1 heterocycles. The molecule has 3 aromatic carbocycles. The van der Waals surface area contributed by atoms with Crippen LogP contribution in [0.15, 0.2) is 60.7 Å². The van der Waals surface area contributed by atoms with Gasteiger partial charge in [0.1, 0.15) is 0 Å². The predicted octanol–water partition coefficient (Wildman–Crippen LogP) is 4.29. The Morgan fingerprint density at radius 1 is 0.815 bits per heavy atom. The molecule has 0 aliphatic heterocycles. The van der Waals surface area contributed by atoms with E-state index < -0.39 is 5.09 Å². The van der Waals surface area contributed by atoms with Gasteiger partial charge in [0, 0.05) is 27.7 Å². The number of benzene rings is 3. The zero-order valence-electron chi connectivity index (χ0n) is 14.5. The minimum Gasteiger partial charge on any atom is -0.399 e. The SMILES string of the molecule is Cc1ccc2nc3cc(N)ccc3c(-c3ccc(N)cc3)c2c1.O=[N+]([O-])[O-]. The van der Waals surface area contributed by atoms with Crippen LogP contribution in [0.25, 0.3) is 32.9 Å². The molecule has 136 valence electrons. The first-order valence-corrected chi connectivity index (χ1v) is 8.12. The van der Waals surface area contributed by atoms with Gasteiger partial charge in [0.25, 0.3) is 0 Å². The van der Waals surface area contributed by atoms with Gasteiger partial charge < -0.3 is 26.8 Å². The highest BCUT2D eigenvalue weighted by molar-refractivity contribution is 6.10. The Bertz CT molecular complexity index is 1140. The molecule has 0 atom stereocenters. The van der Waals surface area contributed by atoms with Crippen LogP contribution in [0, 0.1) is 22.2 Å². The van der Waals surface area contributed by atoms with E-state index in [-0.39, 0.29) is 0 Å². The van der Waals surface area contributed by atoms with Crippen LogP contribution in [0.5, 0.6) is 0 Å². The van der Waals surface area contributed by atoms with Gasteiger partial charge in [-0.05, 0) is 48.9 Å². The van der Waals surface area contributed by atoms with E-state index in [0.29, 0.717) is 0 Å². The van der Waals surface area contributed by atoms with Crippen LogP contribution >= 0.6 is 0 Å². The minimum absolute atomic E-state index is 0.722. The third-order valence-electron chi connectivity index (χ3n) is 4.15. The molecule has 27 heavy (non-hydrogen) atoms. The van der Waals surface area contributed by atoms with Crippen LogP contribution in [0.2, 0.25) is 0 Å². The van der Waals surface area contributed by atoms with Crippen LogP contribution in [0.3, 0.4) is 0 Å². The number of rotatable bonds is 1. The number of hydrogen-bond acceptors (Lipinski definition) is 6. The fourth-order valence-electron chi connectivity index (χ4n) is 3.04. The third kappa shape index (κ3) is 3.87. The summed E-state index contributed by atoms with van der Waals surface area (Å²) in [5.41, 5.74) is 18.7. The molecule has 7 heteroatoms. The highest BCUT2D eigenvalue weighted by Gasteiger charge is 2.11. The van der Waals surface area contributed by atoms with Crippen LogP contribution in [-0.4, -0.2) is 10.1 Å². The fourth-order valence-corrected chi connectivity index (χ4v) is 3.04. The summed E-state index contributed by atoms with van der Waals surface area (Å²) in [7, 11) is 0. The van der Waals surface area contributed by atoms with E-state index in [9.17, 15) is 0 Å². The number of fused-ring (bicyclic) bond motifs is 2. The summed E-state index contributed by atoms with van der Waals surface area (Å²) in [6, 6.07) is 20.2. The molecule has 1 aromatic heterocycles. The monoisotopic (exact) mass is 361 g/mol. The van der Waals surface area contributed by atoms with Crippen LogP contribution in [0.1, 0.15) is 5.56 Å². The molecule has 4 rings (SSSR count). The van der Waals surface area contributed by atoms with Gasteiger partial charge in [-0.1, -0.05) is 29.8 Å². The maximum atomic E-state index is 8.25. The molecule has 0 spiro atoms. The second-order valence-electron chi connectivity index (χ2n) is 6.13. The lowest BCUT2D eigenvalue weighted by Crippen LogP contribution is -1.92. The summed E-state index contributed by atoms with van der Waals surface area (Å²) in [6.45, 7) is 2.10. The summed E-state index contributed by atoms with van der Waals surface area (Å²) in [4.78, 5) is 13.0. The lowest BCUT2D eigenvalue weighted by Gasteiger charge is -2.12. The van der Waals surface area contributed by atoms with Crippen LogP contribution in [-0.2, 0) is 0 Å². The molecule has 0 saturated carbocycles. The second kappa shape index (κ2) is 7.17. The van der Waals surface area contributed by atoms with Crippen molar-refractivity contribution >= 4 is 33.2 Å². The molecule has 0 fully saturated rings. The van der Waals surface area contributed by atoms with Crippen molar-refractivity contribution in [3.8, 4) is 11.1 Å². The summed E-state index contributed by atoms with van der Waals surface area (Å²) >= 11 is 0. The van der Waals surface area contributed by atoms with Crippen molar-refractivity contribution in [3.05, 3.63) is 81.5 Å². The number of nitrogens with two attached hydrogens (primary N) is 2. The number of aryl methyl sites for hydroxylation is 1. The Morgan fingerprint density at radius 3 is 2.11 bits per heavy atom. The zero-order chi connectivity index (χ0) is 19.6. The van der Waals surface area contributed by atoms with Crippen LogP contribution in [0.4, 0.5) is 11.4 Å². The van der Waals surface area contributed by atoms with Gasteiger partial charge in [-0.3, -0.25) is 0 Å². The number of nitrogens with zero attached hydrogens (tertiary/aromatic N) is 2. The van der Waals surface area contributed by atoms with Crippen molar-refractivity contribution in [1.29, 1.82) is 0 Å². The standard InChI is InChI=1S/C20H17N3.NO3/c1-12-2-9-18-17(10-12)20(13-3-5-14(21)6-4-13)16-8-7-15(22)11-19(16)23-18;2-1(3)4/h2-11H,21-22H2,1H3;/q;-1. The van der Waals surface area contributed by atoms with E-state index in [1.807, 2.05) is 30.3 Å². The smallest absolute Gasteiger partial charge is 0.0736 e. The van der Waals surface area contributed by atoms with E-state index in [4.69, 9.17) is 31.8 Å². The summed E-state index contributed by atoms with van der Waals surface area (Å²) in [6.07, 6.45) is 0. The molecule has 0 amide bonds. The third-order valence-corrected chi connectivity index (χ3v) is 4.15. The van der Waals surface area contributed by atoms with E-state index in [2.05, 4.69) is 37.3 Å². The average molecular weight is 361 g/mol. The summed E-state index contributed by atoms with van der Waals surface area (Å²) in [5.74, 6) is 0. The Hall–Kier alpha value is -3.87. The molecular formula is C20H17N4O3-. The topological polar surface area (TPSA) is 131 Å². The van der Waals surface area contributed by atoms with Gasteiger partial charge in [-0.15, -0.1) is 0 Å². The number of nitrogen functional groups attached to an aromatic ring is 2. The minimum atomic E-state index is -1.75. The predicted molar refractivity (Wildman–Crippen MR) is 109 cm³/mol. The zero-order valence-corrected chi connectivity index (χ0v) is 14.5. The lowest BCUT2D eigenvalue weighted by atomic mass is 9.95. The van der Waals surface area contributed by atoms with Gasteiger partial charge in [-0.25, -0.2) is 4.98 Å². The van der Waals surface area contributed by atoms with Gasteiger partial charge in [-0.2, -0.15) is 0 Å². The van der Waals surface area contributed by atoms with E-state index >= 15 is 0 Å². The van der Waals surface area contributed by atoms with Crippen molar-refractivity contribution in [1.82, 2.24) is 4.98 Å². The van der Waals surface area contributed by atoms with Crippen molar-refractivity contribution in [3.63, 3.8) is 0 Å². The molecule has 0 aliphatic rings. The Kier molecular flexibility index (Phi) is 4.76. The number of aromatic nitrogens is 1. The molecule has 0 unspecified atom stereocenters. The molecule has 4 N–H and O–H groups in total. The number of anilines is 2. The lowest BCUT2D eigenvalue weighted by molar-refractivity contribution is -0.402. The fraction of sp³-hybridized carbons (Fsp3) is 0.0500. The second-order valence-corrected chi connectivity index (χ2v) is 6.13. The van der Waals surface area contributed by atoms with Crippen molar-refractivity contribution in [2.24, 2.45) is 0 Å². The normalized spacial score (nSPS) is 10.4. The van der Waals surface area contributed by atoms with Gasteiger partial charge in [0.05, 0.1) is 16.1 Å². The number of hydrogen-bond donors (Lipinski definition) is 2. The van der Waals surface area contributed by atoms with Crippen molar-refractivity contribution in [2.75, 3.05) is 11.5 Å². The first-order valence-electron chi connectivity index (χ1n) is 8.12. The maximum Gasteiger partial charge on any atom is 0.0736 e. The van der Waals surface area contributed by atoms with E-state index in [1.54, 1.807) is 0 Å². The van der Waals surface area contributed by atoms with Crippen molar-refractivity contribution < 1.29 is 5.09 Å². The Labute approximate surface area is 155 Å². The van der Waals surface area contributed by atoms with Crippen molar-refractivity contribution in [2.45, 2.75) is 6.92 Å². The largest absolute Gasteiger partial charge is 0.399 e. The van der Waals surface area contributed by atoms with E-state index in [0.717, 1.165) is 38.7 Å². The number of pyridine rings is 1. The van der Waals surface area contributed by atoms with Crippen LogP contribution < -0.4 is 11.5 Å². The molecular weight excluding hydrogens is 344 g/mol. The highest BCUT2D eigenvalue weighted by Crippen LogP contribution is 2.36. The quantitative estimate of drug-likeness (QED) is 0.225. The highest BCUT2D eigenvalue weighted by atomic mass is 16.9. The van der Waals surface area contributed by atoms with Gasteiger partial charge in [0.2, 0.25) is 0 Å². The maximum absolute atomic E-state index is 8.25.